The van der Waals surface area contributed by atoms with Gasteiger partial charge in [0.1, 0.15) is 0 Å². The van der Waals surface area contributed by atoms with Crippen molar-refractivity contribution in [1.82, 2.24) is 0 Å². The number of fused-ring (bicyclic) bond motifs is 1. The molecule has 1 aliphatic heterocycles. The molecule has 0 saturated heterocycles. The van der Waals surface area contributed by atoms with E-state index in [1.807, 2.05) is 61.5 Å². The van der Waals surface area contributed by atoms with E-state index in [1.54, 1.807) is 6.92 Å². The number of carbonyl (C=O) groups is 1. The molecule has 1 atom stereocenters. The number of anilines is 1. The average Bonchev–Trinajstić information content (AvgIpc) is 2.61. The molecule has 0 amide bonds. The van der Waals surface area contributed by atoms with Crippen molar-refractivity contribution in [2.45, 2.75) is 19.3 Å². The second-order valence-corrected chi connectivity index (χ2v) is 5.73. The summed E-state index contributed by atoms with van der Waals surface area (Å²) >= 11 is 0. The van der Waals surface area contributed by atoms with E-state index in [0.717, 1.165) is 22.4 Å². The Morgan fingerprint density at radius 2 is 1.83 bits per heavy atom. The number of rotatable bonds is 4. The topological polar surface area (TPSA) is 50.7 Å². The molecule has 1 unspecified atom stereocenters. The number of allylic oxidation sites excluding steroid dienone is 1. The molecule has 0 spiro atoms. The number of ether oxygens (including phenoxy) is 1. The van der Waals surface area contributed by atoms with Gasteiger partial charge in [0, 0.05) is 0 Å². The molecular weight excluding hydrogens is 300 g/mol. The molecule has 122 valence electrons. The summed E-state index contributed by atoms with van der Waals surface area (Å²) in [6.07, 6.45) is 0. The lowest BCUT2D eigenvalue weighted by molar-refractivity contribution is -0.135. The predicted molar refractivity (Wildman–Crippen MR) is 96.2 cm³/mol. The second-order valence-electron chi connectivity index (χ2n) is 5.73. The Hall–Kier alpha value is -2.88. The summed E-state index contributed by atoms with van der Waals surface area (Å²) in [6.45, 7) is 8.20. The fourth-order valence-corrected chi connectivity index (χ4v) is 3.29. The van der Waals surface area contributed by atoms with E-state index in [0.29, 0.717) is 12.3 Å². The van der Waals surface area contributed by atoms with Gasteiger partial charge in [-0.05, 0) is 31.0 Å². The molecule has 24 heavy (non-hydrogen) atoms. The van der Waals surface area contributed by atoms with Crippen LogP contribution < -0.4 is 5.43 Å². The molecule has 0 aliphatic carbocycles. The Kier molecular flexibility index (Phi) is 4.21. The van der Waals surface area contributed by atoms with Crippen molar-refractivity contribution in [2.24, 2.45) is 5.10 Å². The third kappa shape index (κ3) is 2.31. The average molecular weight is 320 g/mol. The van der Waals surface area contributed by atoms with Crippen molar-refractivity contribution in [2.75, 3.05) is 12.0 Å². The highest BCUT2D eigenvalue weighted by atomic mass is 16.5. The number of hydrogen-bond acceptors (Lipinski definition) is 4. The van der Waals surface area contributed by atoms with Crippen molar-refractivity contribution in [3.8, 4) is 0 Å². The molecule has 0 saturated carbocycles. The smallest absolute Gasteiger partial charge is 0.356 e. The maximum atomic E-state index is 12.7. The monoisotopic (exact) mass is 320 g/mol. The van der Waals surface area contributed by atoms with Crippen LogP contribution in [0.4, 0.5) is 5.69 Å². The number of hydrazone groups is 1. The van der Waals surface area contributed by atoms with Crippen LogP contribution in [0, 0.1) is 0 Å². The van der Waals surface area contributed by atoms with E-state index < -0.39 is 11.4 Å². The van der Waals surface area contributed by atoms with Gasteiger partial charge in [-0.3, -0.25) is 5.43 Å². The zero-order valence-corrected chi connectivity index (χ0v) is 13.9. The largest absolute Gasteiger partial charge is 0.461 e. The van der Waals surface area contributed by atoms with Crippen molar-refractivity contribution in [1.29, 1.82) is 0 Å². The lowest BCUT2D eigenvalue weighted by Gasteiger charge is -2.39. The van der Waals surface area contributed by atoms with Crippen molar-refractivity contribution in [3.63, 3.8) is 0 Å². The van der Waals surface area contributed by atoms with E-state index in [1.165, 1.54) is 0 Å². The first kappa shape index (κ1) is 16.0. The molecule has 1 heterocycles. The van der Waals surface area contributed by atoms with E-state index in [-0.39, 0.29) is 0 Å². The van der Waals surface area contributed by atoms with Crippen LogP contribution in [-0.4, -0.2) is 18.3 Å². The Morgan fingerprint density at radius 3 is 2.50 bits per heavy atom. The molecule has 4 heteroatoms. The van der Waals surface area contributed by atoms with Gasteiger partial charge < -0.3 is 4.74 Å². The lowest BCUT2D eigenvalue weighted by Crippen LogP contribution is -2.46. The molecule has 2 aromatic rings. The first-order valence-corrected chi connectivity index (χ1v) is 7.94. The summed E-state index contributed by atoms with van der Waals surface area (Å²) < 4.78 is 5.27. The molecule has 4 nitrogen and oxygen atoms in total. The van der Waals surface area contributed by atoms with Crippen LogP contribution in [0.2, 0.25) is 0 Å². The Balaban J connectivity index is 2.33. The van der Waals surface area contributed by atoms with Crippen LogP contribution in [0.25, 0.3) is 0 Å². The van der Waals surface area contributed by atoms with Crippen molar-refractivity contribution < 1.29 is 9.53 Å². The summed E-state index contributed by atoms with van der Waals surface area (Å²) in [6, 6.07) is 17.7. The van der Waals surface area contributed by atoms with E-state index in [2.05, 4.69) is 17.1 Å². The van der Waals surface area contributed by atoms with Gasteiger partial charge >= 0.3 is 5.97 Å². The summed E-state index contributed by atoms with van der Waals surface area (Å²) in [7, 11) is 0. The summed E-state index contributed by atoms with van der Waals surface area (Å²) in [4.78, 5) is 12.7. The zero-order valence-electron chi connectivity index (χ0n) is 13.9. The zero-order chi connectivity index (χ0) is 17.2. The predicted octanol–water partition coefficient (Wildman–Crippen LogP) is 3.89. The Labute approximate surface area is 141 Å². The third-order valence-electron chi connectivity index (χ3n) is 4.29. The fourth-order valence-electron chi connectivity index (χ4n) is 3.29. The summed E-state index contributed by atoms with van der Waals surface area (Å²) in [5, 5.41) is 4.37. The fraction of sp³-hybridized carbons (Fsp3) is 0.200. The van der Waals surface area contributed by atoms with E-state index >= 15 is 0 Å². The number of carbonyl (C=O) groups excluding carboxylic acids is 1. The molecule has 0 aromatic heterocycles. The van der Waals surface area contributed by atoms with Gasteiger partial charge in [-0.15, -0.1) is 0 Å². The number of benzene rings is 2. The standard InChI is InChI=1S/C20H20N2O2/c1-4-24-19(23)18-20(14(2)3,15-10-6-5-7-11-15)16-12-8-9-13-17(16)21-22-18/h5-13,21H,2,4H2,1,3H3. The van der Waals surface area contributed by atoms with Crippen LogP contribution in [0.15, 0.2) is 71.9 Å². The van der Waals surface area contributed by atoms with Gasteiger partial charge in [-0.25, -0.2) is 4.79 Å². The second kappa shape index (κ2) is 6.32. The van der Waals surface area contributed by atoms with E-state index in [9.17, 15) is 4.79 Å². The van der Waals surface area contributed by atoms with E-state index in [4.69, 9.17) is 4.74 Å². The molecule has 0 radical (unpaired) electrons. The van der Waals surface area contributed by atoms with Gasteiger partial charge in [-0.2, -0.15) is 5.10 Å². The van der Waals surface area contributed by atoms with Gasteiger partial charge in [0.05, 0.1) is 17.7 Å². The minimum atomic E-state index is -0.838. The van der Waals surface area contributed by atoms with Crippen molar-refractivity contribution >= 4 is 17.4 Å². The molecular formula is C20H20N2O2. The normalized spacial score (nSPS) is 18.8. The molecule has 0 bridgehead atoms. The van der Waals surface area contributed by atoms with Crippen LogP contribution in [0.1, 0.15) is 25.0 Å². The van der Waals surface area contributed by atoms with Gasteiger partial charge in [-0.1, -0.05) is 60.7 Å². The third-order valence-corrected chi connectivity index (χ3v) is 4.29. The van der Waals surface area contributed by atoms with Gasteiger partial charge in [0.25, 0.3) is 0 Å². The maximum Gasteiger partial charge on any atom is 0.356 e. The van der Waals surface area contributed by atoms with Crippen LogP contribution >= 0.6 is 0 Å². The molecule has 3 rings (SSSR count). The SMILES string of the molecule is C=C(C)C1(c2ccccc2)C(C(=O)OCC)=NNc2ccccc21. The lowest BCUT2D eigenvalue weighted by atomic mass is 9.65. The molecule has 1 aliphatic rings. The van der Waals surface area contributed by atoms with Crippen LogP contribution in [-0.2, 0) is 14.9 Å². The molecule has 2 aromatic carbocycles. The summed E-state index contributed by atoms with van der Waals surface area (Å²) in [5.41, 5.74) is 6.01. The molecule has 1 N–H and O–H groups in total. The highest BCUT2D eigenvalue weighted by molar-refractivity contribution is 6.42. The number of hydrogen-bond donors (Lipinski definition) is 1. The minimum absolute atomic E-state index is 0.292. The highest BCUT2D eigenvalue weighted by Gasteiger charge is 2.48. The van der Waals surface area contributed by atoms with Crippen LogP contribution in [0.3, 0.4) is 0 Å². The van der Waals surface area contributed by atoms with Gasteiger partial charge in [0.15, 0.2) is 5.71 Å². The first-order chi connectivity index (χ1) is 11.6. The Morgan fingerprint density at radius 1 is 1.17 bits per heavy atom. The number of para-hydroxylation sites is 1. The first-order valence-electron chi connectivity index (χ1n) is 7.94. The quantitative estimate of drug-likeness (QED) is 0.687. The number of esters is 1. The maximum absolute atomic E-state index is 12.7. The number of nitrogens with one attached hydrogen (secondary N) is 1. The van der Waals surface area contributed by atoms with Crippen LogP contribution in [0.5, 0.6) is 0 Å². The minimum Gasteiger partial charge on any atom is -0.461 e. The van der Waals surface area contributed by atoms with Crippen molar-refractivity contribution in [3.05, 3.63) is 77.9 Å². The molecule has 0 fully saturated rings. The number of nitrogens with zero attached hydrogens (tertiary/aromatic N) is 1. The van der Waals surface area contributed by atoms with Gasteiger partial charge in [0.2, 0.25) is 0 Å². The Bertz CT molecular complexity index is 811. The summed E-state index contributed by atoms with van der Waals surface area (Å²) in [5.74, 6) is -0.439. The highest BCUT2D eigenvalue weighted by Crippen LogP contribution is 2.45.